The number of hydrogen-bond donors (Lipinski definition) is 3. The van der Waals surface area contributed by atoms with Crippen LogP contribution in [0.3, 0.4) is 0 Å². The number of carbonyl (C=O) groups excluding carboxylic acids is 1. The number of amides is 2. The second-order valence-electron chi connectivity index (χ2n) is 4.17. The normalized spacial score (nSPS) is 9.95. The van der Waals surface area contributed by atoms with Gasteiger partial charge in [0.1, 0.15) is 0 Å². The Bertz CT molecular complexity index is 523. The topological polar surface area (TPSA) is 53.2 Å². The van der Waals surface area contributed by atoms with Crippen molar-refractivity contribution in [2.45, 2.75) is 6.54 Å². The number of urea groups is 1. The predicted octanol–water partition coefficient (Wildman–Crippen LogP) is 3.05. The number of anilines is 2. The van der Waals surface area contributed by atoms with E-state index in [1.165, 1.54) is 5.56 Å². The van der Waals surface area contributed by atoms with Crippen molar-refractivity contribution in [3.63, 3.8) is 0 Å². The van der Waals surface area contributed by atoms with E-state index in [1.54, 1.807) is 0 Å². The predicted molar refractivity (Wildman–Crippen MR) is 78.3 cm³/mol. The van der Waals surface area contributed by atoms with Gasteiger partial charge in [0.05, 0.1) is 0 Å². The molecule has 2 aromatic rings. The summed E-state index contributed by atoms with van der Waals surface area (Å²) in [6, 6.07) is 16.8. The van der Waals surface area contributed by atoms with E-state index in [1.807, 2.05) is 61.6 Å². The van der Waals surface area contributed by atoms with Crippen LogP contribution in [0.25, 0.3) is 0 Å². The molecule has 3 N–H and O–H groups in total. The van der Waals surface area contributed by atoms with Crippen molar-refractivity contribution in [1.29, 1.82) is 0 Å². The quantitative estimate of drug-likeness (QED) is 0.786. The molecule has 0 aliphatic heterocycles. The second kappa shape index (κ2) is 6.56. The number of hydrogen-bond acceptors (Lipinski definition) is 2. The number of rotatable bonds is 4. The molecule has 0 spiro atoms. The zero-order valence-electron chi connectivity index (χ0n) is 10.8. The number of carbonyl (C=O) groups is 1. The van der Waals surface area contributed by atoms with Crippen LogP contribution >= 0.6 is 0 Å². The van der Waals surface area contributed by atoms with E-state index in [2.05, 4.69) is 16.0 Å². The molecule has 0 bridgehead atoms. The highest BCUT2D eigenvalue weighted by Gasteiger charge is 2.01. The molecule has 0 unspecified atom stereocenters. The number of nitrogens with one attached hydrogen (secondary N) is 3. The van der Waals surface area contributed by atoms with E-state index >= 15 is 0 Å². The summed E-state index contributed by atoms with van der Waals surface area (Å²) in [6.45, 7) is 0.816. The Hall–Kier alpha value is -2.33. The third-order valence-corrected chi connectivity index (χ3v) is 2.62. The van der Waals surface area contributed by atoms with Crippen molar-refractivity contribution in [1.82, 2.24) is 5.32 Å². The standard InChI is InChI=1S/C15H17N3O/c1-16-11-12-7-9-14(10-8-12)18-15(19)17-13-5-3-2-4-6-13/h2-10,16H,11H2,1H3,(H2,17,18,19). The minimum Gasteiger partial charge on any atom is -0.316 e. The third kappa shape index (κ3) is 4.12. The lowest BCUT2D eigenvalue weighted by Crippen LogP contribution is -2.19. The molecule has 0 aromatic heterocycles. The molecule has 0 radical (unpaired) electrons. The van der Waals surface area contributed by atoms with Gasteiger partial charge in [-0.05, 0) is 36.9 Å². The summed E-state index contributed by atoms with van der Waals surface area (Å²) in [6.07, 6.45) is 0. The minimum absolute atomic E-state index is 0.243. The third-order valence-electron chi connectivity index (χ3n) is 2.62. The van der Waals surface area contributed by atoms with Gasteiger partial charge in [-0.15, -0.1) is 0 Å². The van der Waals surface area contributed by atoms with Gasteiger partial charge in [0.15, 0.2) is 0 Å². The maximum Gasteiger partial charge on any atom is 0.323 e. The molecule has 4 heteroatoms. The van der Waals surface area contributed by atoms with E-state index in [0.29, 0.717) is 0 Å². The first-order valence-corrected chi connectivity index (χ1v) is 6.14. The number of para-hydroxylation sites is 1. The van der Waals surface area contributed by atoms with Crippen molar-refractivity contribution in [2.75, 3.05) is 17.7 Å². The van der Waals surface area contributed by atoms with Crippen molar-refractivity contribution in [3.8, 4) is 0 Å². The molecule has 19 heavy (non-hydrogen) atoms. The van der Waals surface area contributed by atoms with Gasteiger partial charge in [-0.3, -0.25) is 0 Å². The SMILES string of the molecule is CNCc1ccc(NC(=O)Nc2ccccc2)cc1. The molecule has 0 fully saturated rings. The fraction of sp³-hybridized carbons (Fsp3) is 0.133. The van der Waals surface area contributed by atoms with Crippen molar-refractivity contribution in [2.24, 2.45) is 0 Å². The molecule has 4 nitrogen and oxygen atoms in total. The summed E-state index contributed by atoms with van der Waals surface area (Å²) in [4.78, 5) is 11.8. The molecule has 0 saturated heterocycles. The summed E-state index contributed by atoms with van der Waals surface area (Å²) in [7, 11) is 1.90. The van der Waals surface area contributed by atoms with Crippen molar-refractivity contribution in [3.05, 3.63) is 60.2 Å². The Balaban J connectivity index is 1.91. The van der Waals surface area contributed by atoms with Crippen LogP contribution in [0.4, 0.5) is 16.2 Å². The summed E-state index contributed by atoms with van der Waals surface area (Å²) >= 11 is 0. The maximum atomic E-state index is 11.8. The lowest BCUT2D eigenvalue weighted by atomic mass is 10.2. The van der Waals surface area contributed by atoms with Crippen LogP contribution in [-0.4, -0.2) is 13.1 Å². The average molecular weight is 255 g/mol. The molecule has 0 atom stereocenters. The van der Waals surface area contributed by atoms with Crippen LogP contribution in [0.5, 0.6) is 0 Å². The Morgan fingerprint density at radius 1 is 0.895 bits per heavy atom. The molecular weight excluding hydrogens is 238 g/mol. The van der Waals surface area contributed by atoms with Gasteiger partial charge in [0.2, 0.25) is 0 Å². The molecule has 0 heterocycles. The van der Waals surface area contributed by atoms with E-state index in [4.69, 9.17) is 0 Å². The van der Waals surface area contributed by atoms with E-state index in [-0.39, 0.29) is 6.03 Å². The van der Waals surface area contributed by atoms with Gasteiger partial charge < -0.3 is 16.0 Å². The van der Waals surface area contributed by atoms with Crippen LogP contribution in [0.2, 0.25) is 0 Å². The lowest BCUT2D eigenvalue weighted by molar-refractivity contribution is 0.262. The van der Waals surface area contributed by atoms with E-state index in [0.717, 1.165) is 17.9 Å². The smallest absolute Gasteiger partial charge is 0.316 e. The Morgan fingerprint density at radius 3 is 2.05 bits per heavy atom. The van der Waals surface area contributed by atoms with Gasteiger partial charge in [-0.25, -0.2) is 4.79 Å². The first kappa shape index (κ1) is 13.1. The van der Waals surface area contributed by atoms with Crippen molar-refractivity contribution >= 4 is 17.4 Å². The molecular formula is C15H17N3O. The van der Waals surface area contributed by atoms with Gasteiger partial charge in [-0.1, -0.05) is 30.3 Å². The summed E-state index contributed by atoms with van der Waals surface area (Å²) in [5.41, 5.74) is 2.72. The van der Waals surface area contributed by atoms with Gasteiger partial charge in [-0.2, -0.15) is 0 Å². The van der Waals surface area contributed by atoms with E-state index in [9.17, 15) is 4.79 Å². The molecule has 0 saturated carbocycles. The van der Waals surface area contributed by atoms with Gasteiger partial charge in [0.25, 0.3) is 0 Å². The number of benzene rings is 2. The minimum atomic E-state index is -0.243. The molecule has 98 valence electrons. The molecule has 2 amide bonds. The second-order valence-corrected chi connectivity index (χ2v) is 4.17. The highest BCUT2D eigenvalue weighted by molar-refractivity contribution is 5.99. The fourth-order valence-electron chi connectivity index (χ4n) is 1.72. The Morgan fingerprint density at radius 2 is 1.47 bits per heavy atom. The first-order chi connectivity index (χ1) is 9.28. The highest BCUT2D eigenvalue weighted by Crippen LogP contribution is 2.11. The van der Waals surface area contributed by atoms with Crippen LogP contribution in [0.15, 0.2) is 54.6 Å². The summed E-state index contributed by atoms with van der Waals surface area (Å²) in [5.74, 6) is 0. The molecule has 0 aliphatic carbocycles. The zero-order valence-corrected chi connectivity index (χ0v) is 10.8. The fourth-order valence-corrected chi connectivity index (χ4v) is 1.72. The van der Waals surface area contributed by atoms with Crippen molar-refractivity contribution < 1.29 is 4.79 Å². The monoisotopic (exact) mass is 255 g/mol. The van der Waals surface area contributed by atoms with Crippen LogP contribution in [-0.2, 0) is 6.54 Å². The summed E-state index contributed by atoms with van der Waals surface area (Å²) < 4.78 is 0. The Labute approximate surface area is 112 Å². The van der Waals surface area contributed by atoms with Gasteiger partial charge in [0, 0.05) is 17.9 Å². The van der Waals surface area contributed by atoms with Crippen LogP contribution in [0.1, 0.15) is 5.56 Å². The molecule has 2 aromatic carbocycles. The van der Waals surface area contributed by atoms with Crippen LogP contribution in [0, 0.1) is 0 Å². The van der Waals surface area contributed by atoms with Crippen LogP contribution < -0.4 is 16.0 Å². The maximum absolute atomic E-state index is 11.8. The average Bonchev–Trinajstić information content (AvgIpc) is 2.42. The van der Waals surface area contributed by atoms with Gasteiger partial charge >= 0.3 is 6.03 Å². The zero-order chi connectivity index (χ0) is 13.5. The first-order valence-electron chi connectivity index (χ1n) is 6.14. The Kier molecular flexibility index (Phi) is 4.53. The molecule has 2 rings (SSSR count). The summed E-state index contributed by atoms with van der Waals surface area (Å²) in [5, 5.41) is 8.63. The largest absolute Gasteiger partial charge is 0.323 e. The van der Waals surface area contributed by atoms with E-state index < -0.39 is 0 Å². The lowest BCUT2D eigenvalue weighted by Gasteiger charge is -2.08. The molecule has 0 aliphatic rings. The highest BCUT2D eigenvalue weighted by atomic mass is 16.2.